The van der Waals surface area contributed by atoms with E-state index in [0.717, 1.165) is 5.56 Å². The lowest BCUT2D eigenvalue weighted by atomic mass is 10.2. The largest absolute Gasteiger partial charge is 0.457 e. The molecule has 0 bridgehead atoms. The number of amides is 2. The predicted molar refractivity (Wildman–Crippen MR) is 130 cm³/mol. The van der Waals surface area contributed by atoms with E-state index >= 15 is 0 Å². The molecule has 0 saturated carbocycles. The van der Waals surface area contributed by atoms with Crippen LogP contribution in [-0.4, -0.2) is 49.3 Å². The molecular weight excluding hydrogens is 453 g/mol. The van der Waals surface area contributed by atoms with Gasteiger partial charge in [-0.2, -0.15) is 0 Å². The monoisotopic (exact) mass is 481 g/mol. The molecule has 4 N–H and O–H groups in total. The number of carbonyl (C=O) groups excluding carboxylic acids is 2. The maximum Gasteiger partial charge on any atom is 0.249 e. The summed E-state index contributed by atoms with van der Waals surface area (Å²) in [6.07, 6.45) is 0. The van der Waals surface area contributed by atoms with Crippen LogP contribution in [0.1, 0.15) is 5.56 Å². The summed E-state index contributed by atoms with van der Waals surface area (Å²) in [5.41, 5.74) is 1.45. The van der Waals surface area contributed by atoms with Crippen molar-refractivity contribution in [3.05, 3.63) is 90.2 Å². The second kappa shape index (κ2) is 13.8. The number of ether oxygens (including phenoxy) is 2. The number of aliphatic hydroxyl groups excluding tert-OH is 1. The van der Waals surface area contributed by atoms with Gasteiger partial charge in [0.1, 0.15) is 23.4 Å². The minimum Gasteiger partial charge on any atom is -0.457 e. The van der Waals surface area contributed by atoms with Crippen LogP contribution in [0.3, 0.4) is 0 Å². The highest BCUT2D eigenvalue weighted by Gasteiger charge is 2.21. The maximum atomic E-state index is 13.0. The van der Waals surface area contributed by atoms with Crippen molar-refractivity contribution in [3.8, 4) is 11.5 Å². The van der Waals surface area contributed by atoms with Crippen LogP contribution in [0.2, 0.25) is 0 Å². The van der Waals surface area contributed by atoms with E-state index < -0.39 is 17.9 Å². The van der Waals surface area contributed by atoms with Gasteiger partial charge in [0.05, 0.1) is 26.4 Å². The third-order valence-electron chi connectivity index (χ3n) is 4.79. The number of hydrogen-bond donors (Lipinski definition) is 4. The number of aliphatic hydroxyl groups is 1. The highest BCUT2D eigenvalue weighted by atomic mass is 19.1. The van der Waals surface area contributed by atoms with Crippen molar-refractivity contribution >= 4 is 17.5 Å². The number of nitrogens with one attached hydrogen (secondary N) is 3. The Morgan fingerprint density at radius 3 is 2.23 bits per heavy atom. The average molecular weight is 482 g/mol. The molecule has 9 heteroatoms. The molecule has 0 heterocycles. The molecule has 35 heavy (non-hydrogen) atoms. The minimum atomic E-state index is -0.933. The Labute approximate surface area is 203 Å². The molecule has 184 valence electrons. The van der Waals surface area contributed by atoms with Crippen molar-refractivity contribution in [1.82, 2.24) is 10.6 Å². The second-order valence-electron chi connectivity index (χ2n) is 7.59. The molecule has 3 aromatic rings. The number of benzene rings is 3. The summed E-state index contributed by atoms with van der Waals surface area (Å²) in [5.74, 6) is -0.198. The van der Waals surface area contributed by atoms with Gasteiger partial charge in [0.15, 0.2) is 0 Å². The van der Waals surface area contributed by atoms with E-state index in [1.165, 1.54) is 24.3 Å². The molecule has 3 rings (SSSR count). The van der Waals surface area contributed by atoms with Crippen molar-refractivity contribution in [2.45, 2.75) is 12.6 Å². The van der Waals surface area contributed by atoms with Crippen LogP contribution >= 0.6 is 0 Å². The Bertz CT molecular complexity index is 1060. The van der Waals surface area contributed by atoms with E-state index in [9.17, 15) is 14.0 Å². The third kappa shape index (κ3) is 9.17. The molecule has 0 aliphatic carbocycles. The Morgan fingerprint density at radius 1 is 0.914 bits per heavy atom. The summed E-state index contributed by atoms with van der Waals surface area (Å²) < 4.78 is 24.4. The molecular formula is C26H28FN3O5. The van der Waals surface area contributed by atoms with Gasteiger partial charge in [-0.1, -0.05) is 30.3 Å². The van der Waals surface area contributed by atoms with E-state index in [0.29, 0.717) is 23.8 Å². The highest BCUT2D eigenvalue weighted by Crippen LogP contribution is 2.23. The van der Waals surface area contributed by atoms with Gasteiger partial charge in [-0.05, 0) is 54.1 Å². The van der Waals surface area contributed by atoms with Gasteiger partial charge in [0.2, 0.25) is 11.8 Å². The van der Waals surface area contributed by atoms with Crippen LogP contribution in [0.4, 0.5) is 10.1 Å². The molecule has 0 radical (unpaired) electrons. The molecule has 0 spiro atoms. The molecule has 3 aromatic carbocycles. The van der Waals surface area contributed by atoms with Crippen molar-refractivity contribution in [2.75, 3.05) is 31.6 Å². The molecule has 0 unspecified atom stereocenters. The van der Waals surface area contributed by atoms with E-state index in [2.05, 4.69) is 16.0 Å². The third-order valence-corrected chi connectivity index (χ3v) is 4.79. The molecule has 1 atom stereocenters. The fraction of sp³-hybridized carbons (Fsp3) is 0.231. The summed E-state index contributed by atoms with van der Waals surface area (Å²) in [4.78, 5) is 25.1. The Morgan fingerprint density at radius 2 is 1.57 bits per heavy atom. The molecule has 0 aliphatic rings. The topological polar surface area (TPSA) is 109 Å². The van der Waals surface area contributed by atoms with Gasteiger partial charge >= 0.3 is 0 Å². The standard InChI is InChI=1S/C26H28FN3O5/c27-20-6-10-22(11-7-20)35-23-12-8-21(9-13-23)29-26(33)24(30-25(32)16-28-14-15-31)18-34-17-19-4-2-1-3-5-19/h1-13,24,28,31H,14-18H2,(H,29,33)(H,30,32)/t24-/m0/s1. The first kappa shape index (κ1) is 25.8. The SMILES string of the molecule is O=C(CNCCO)N[C@@H](COCc1ccccc1)C(=O)Nc1ccc(Oc2ccc(F)cc2)cc1. The molecule has 0 saturated heterocycles. The Kier molecular flexibility index (Phi) is 10.2. The lowest BCUT2D eigenvalue weighted by Gasteiger charge is -2.19. The van der Waals surface area contributed by atoms with Gasteiger partial charge in [-0.15, -0.1) is 0 Å². The smallest absolute Gasteiger partial charge is 0.249 e. The van der Waals surface area contributed by atoms with Crippen molar-refractivity contribution < 1.29 is 28.6 Å². The molecule has 0 aromatic heterocycles. The number of halogens is 1. The van der Waals surface area contributed by atoms with Crippen LogP contribution in [0, 0.1) is 5.82 Å². The lowest BCUT2D eigenvalue weighted by Crippen LogP contribution is -2.49. The van der Waals surface area contributed by atoms with E-state index in [4.69, 9.17) is 14.6 Å². The zero-order valence-electron chi connectivity index (χ0n) is 19.1. The fourth-order valence-corrected chi connectivity index (χ4v) is 3.05. The van der Waals surface area contributed by atoms with Crippen molar-refractivity contribution in [3.63, 3.8) is 0 Å². The molecule has 0 fully saturated rings. The quantitative estimate of drug-likeness (QED) is 0.280. The predicted octanol–water partition coefficient (Wildman–Crippen LogP) is 2.84. The van der Waals surface area contributed by atoms with E-state index in [-0.39, 0.29) is 32.1 Å². The lowest BCUT2D eigenvalue weighted by molar-refractivity contribution is -0.127. The normalized spacial score (nSPS) is 11.5. The first-order valence-electron chi connectivity index (χ1n) is 11.1. The van der Waals surface area contributed by atoms with Crippen molar-refractivity contribution in [1.29, 1.82) is 0 Å². The van der Waals surface area contributed by atoms with Crippen LogP contribution in [0.15, 0.2) is 78.9 Å². The van der Waals surface area contributed by atoms with Crippen LogP contribution < -0.4 is 20.7 Å². The summed E-state index contributed by atoms with van der Waals surface area (Å²) in [6, 6.07) is 20.8. The first-order valence-corrected chi connectivity index (χ1v) is 11.1. The van der Waals surface area contributed by atoms with Crippen molar-refractivity contribution in [2.24, 2.45) is 0 Å². The minimum absolute atomic E-state index is 0.0295. The maximum absolute atomic E-state index is 13.0. The number of hydrogen-bond acceptors (Lipinski definition) is 6. The van der Waals surface area contributed by atoms with Gasteiger partial charge in [0, 0.05) is 12.2 Å². The number of carbonyl (C=O) groups is 2. The summed E-state index contributed by atoms with van der Waals surface area (Å²) in [7, 11) is 0. The highest BCUT2D eigenvalue weighted by molar-refractivity contribution is 5.97. The molecule has 8 nitrogen and oxygen atoms in total. The van der Waals surface area contributed by atoms with Crippen LogP contribution in [-0.2, 0) is 20.9 Å². The van der Waals surface area contributed by atoms with Gasteiger partial charge in [-0.25, -0.2) is 4.39 Å². The van der Waals surface area contributed by atoms with Crippen LogP contribution in [0.5, 0.6) is 11.5 Å². The Balaban J connectivity index is 1.58. The average Bonchev–Trinajstić information content (AvgIpc) is 2.87. The molecule has 0 aliphatic heterocycles. The first-order chi connectivity index (χ1) is 17.0. The van der Waals surface area contributed by atoms with Gasteiger partial charge in [0.25, 0.3) is 0 Å². The van der Waals surface area contributed by atoms with Gasteiger partial charge < -0.3 is 30.5 Å². The summed E-state index contributed by atoms with van der Waals surface area (Å²) in [6.45, 7) is 0.384. The zero-order valence-corrected chi connectivity index (χ0v) is 19.1. The summed E-state index contributed by atoms with van der Waals surface area (Å²) in [5, 5.41) is 17.0. The van der Waals surface area contributed by atoms with Crippen LogP contribution in [0.25, 0.3) is 0 Å². The summed E-state index contributed by atoms with van der Waals surface area (Å²) >= 11 is 0. The zero-order chi connectivity index (χ0) is 24.9. The fourth-order valence-electron chi connectivity index (χ4n) is 3.05. The van der Waals surface area contributed by atoms with Gasteiger partial charge in [-0.3, -0.25) is 9.59 Å². The Hall–Kier alpha value is -3.79. The second-order valence-corrected chi connectivity index (χ2v) is 7.59. The van der Waals surface area contributed by atoms with E-state index in [1.54, 1.807) is 24.3 Å². The molecule has 2 amide bonds. The number of rotatable bonds is 13. The van der Waals surface area contributed by atoms with E-state index in [1.807, 2.05) is 30.3 Å². The number of anilines is 1.